The van der Waals surface area contributed by atoms with Crippen molar-refractivity contribution in [2.24, 2.45) is 0 Å². The van der Waals surface area contributed by atoms with E-state index >= 15 is 0 Å². The first-order valence-electron chi connectivity index (χ1n) is 10.4. The molecule has 3 aromatic rings. The Morgan fingerprint density at radius 1 is 1.23 bits per heavy atom. The second-order valence-corrected chi connectivity index (χ2v) is 8.67. The van der Waals surface area contributed by atoms with Crippen LogP contribution in [0.25, 0.3) is 22.2 Å². The molecular weight excluding hydrogens is 382 g/mol. The highest BCUT2D eigenvalue weighted by atomic mass is 16.3. The number of aliphatic hydroxyl groups excluding tert-OH is 1. The molecule has 4 rings (SSSR count). The SMILES string of the molecule is CCc1nc2c(N)ncc(-c3cnn(CC(C)(C)O)c3)c2nc1N[C@@H]1CC[C@H](O)C1. The van der Waals surface area contributed by atoms with Gasteiger partial charge in [0.1, 0.15) is 16.9 Å². The zero-order chi connectivity index (χ0) is 21.5. The van der Waals surface area contributed by atoms with Gasteiger partial charge in [-0.25, -0.2) is 15.0 Å². The fourth-order valence-corrected chi connectivity index (χ4v) is 3.93. The highest BCUT2D eigenvalue weighted by Gasteiger charge is 2.25. The first kappa shape index (κ1) is 20.5. The van der Waals surface area contributed by atoms with E-state index in [0.29, 0.717) is 36.2 Å². The van der Waals surface area contributed by atoms with Crippen molar-refractivity contribution >= 4 is 22.7 Å². The maximum atomic E-state index is 10.1. The molecule has 3 aromatic heterocycles. The van der Waals surface area contributed by atoms with Crippen molar-refractivity contribution in [1.29, 1.82) is 0 Å². The third-order valence-electron chi connectivity index (χ3n) is 5.37. The van der Waals surface area contributed by atoms with Crippen LogP contribution in [0.15, 0.2) is 18.6 Å². The molecule has 0 radical (unpaired) electrons. The summed E-state index contributed by atoms with van der Waals surface area (Å²) in [5.41, 5.74) is 8.92. The van der Waals surface area contributed by atoms with Gasteiger partial charge in [0.15, 0.2) is 5.82 Å². The lowest BCUT2D eigenvalue weighted by Gasteiger charge is -2.17. The molecule has 9 nitrogen and oxygen atoms in total. The average molecular weight is 412 g/mol. The highest BCUT2D eigenvalue weighted by molar-refractivity contribution is 5.96. The van der Waals surface area contributed by atoms with Gasteiger partial charge < -0.3 is 21.3 Å². The van der Waals surface area contributed by atoms with E-state index in [2.05, 4.69) is 15.4 Å². The number of aryl methyl sites for hydroxylation is 1. The summed E-state index contributed by atoms with van der Waals surface area (Å²) in [6.07, 6.45) is 8.12. The summed E-state index contributed by atoms with van der Waals surface area (Å²) in [7, 11) is 0. The zero-order valence-electron chi connectivity index (χ0n) is 17.6. The topological polar surface area (TPSA) is 135 Å². The molecule has 2 atom stereocenters. The van der Waals surface area contributed by atoms with E-state index in [0.717, 1.165) is 35.5 Å². The second kappa shape index (κ2) is 7.81. The van der Waals surface area contributed by atoms with E-state index in [4.69, 9.17) is 15.7 Å². The molecule has 0 aliphatic heterocycles. The van der Waals surface area contributed by atoms with E-state index < -0.39 is 5.60 Å². The molecule has 1 aliphatic carbocycles. The number of aliphatic hydroxyl groups is 2. The number of nitrogens with two attached hydrogens (primary N) is 1. The number of hydrogen-bond donors (Lipinski definition) is 4. The summed E-state index contributed by atoms with van der Waals surface area (Å²) < 4.78 is 1.70. The van der Waals surface area contributed by atoms with Crippen LogP contribution in [0.3, 0.4) is 0 Å². The van der Waals surface area contributed by atoms with Crippen molar-refractivity contribution in [2.45, 2.75) is 70.7 Å². The molecule has 0 amide bonds. The number of aromatic nitrogens is 5. The summed E-state index contributed by atoms with van der Waals surface area (Å²) in [4.78, 5) is 14.0. The predicted molar refractivity (Wildman–Crippen MR) is 116 cm³/mol. The summed E-state index contributed by atoms with van der Waals surface area (Å²) in [6, 6.07) is 0.175. The van der Waals surface area contributed by atoms with Crippen molar-refractivity contribution in [3.63, 3.8) is 0 Å². The Hall–Kier alpha value is -2.78. The molecule has 5 N–H and O–H groups in total. The van der Waals surface area contributed by atoms with Crippen molar-refractivity contribution in [2.75, 3.05) is 11.1 Å². The van der Waals surface area contributed by atoms with Gasteiger partial charge in [0.25, 0.3) is 0 Å². The van der Waals surface area contributed by atoms with Crippen molar-refractivity contribution in [1.82, 2.24) is 24.7 Å². The number of hydrogen-bond acceptors (Lipinski definition) is 8. The summed E-state index contributed by atoms with van der Waals surface area (Å²) in [5, 5.41) is 27.8. The Balaban J connectivity index is 1.77. The molecule has 3 heterocycles. The fourth-order valence-electron chi connectivity index (χ4n) is 3.93. The van der Waals surface area contributed by atoms with Crippen LogP contribution in [-0.2, 0) is 13.0 Å². The predicted octanol–water partition coefficient (Wildman–Crippen LogP) is 2.13. The van der Waals surface area contributed by atoms with Gasteiger partial charge in [-0.2, -0.15) is 5.10 Å². The van der Waals surface area contributed by atoms with Gasteiger partial charge in [0, 0.05) is 29.6 Å². The van der Waals surface area contributed by atoms with Gasteiger partial charge in [-0.05, 0) is 39.5 Å². The maximum Gasteiger partial charge on any atom is 0.151 e. The standard InChI is InChI=1S/C21H29N7O2/c1-4-16-20(25-13-5-6-14(29)7-13)27-17-15(9-23-19(22)18(17)26-16)12-8-24-28(10-12)11-21(2,3)30/h8-10,13-14,29-30H,4-7,11H2,1-3H3,(H2,22,23)(H,25,27)/t13-,14+/m1/s1. The number of rotatable bonds is 6. The van der Waals surface area contributed by atoms with Crippen LogP contribution >= 0.6 is 0 Å². The maximum absolute atomic E-state index is 10.1. The quantitative estimate of drug-likeness (QED) is 0.484. The first-order chi connectivity index (χ1) is 14.2. The van der Waals surface area contributed by atoms with Crippen LogP contribution < -0.4 is 11.1 Å². The van der Waals surface area contributed by atoms with Crippen LogP contribution in [0.2, 0.25) is 0 Å². The Bertz CT molecular complexity index is 1060. The van der Waals surface area contributed by atoms with Gasteiger partial charge >= 0.3 is 0 Å². The van der Waals surface area contributed by atoms with Crippen LogP contribution in [0.1, 0.15) is 45.7 Å². The number of nitrogens with one attached hydrogen (secondary N) is 1. The molecular formula is C21H29N7O2. The molecule has 0 aromatic carbocycles. The molecule has 1 aliphatic rings. The van der Waals surface area contributed by atoms with E-state index in [-0.39, 0.29) is 12.1 Å². The molecule has 0 bridgehead atoms. The number of fused-ring (bicyclic) bond motifs is 1. The van der Waals surface area contributed by atoms with Gasteiger partial charge in [0.2, 0.25) is 0 Å². The first-order valence-corrected chi connectivity index (χ1v) is 10.4. The summed E-state index contributed by atoms with van der Waals surface area (Å²) in [6.45, 7) is 5.88. The molecule has 1 saturated carbocycles. The number of nitrogens with zero attached hydrogens (tertiary/aromatic N) is 5. The van der Waals surface area contributed by atoms with Gasteiger partial charge in [0.05, 0.1) is 30.1 Å². The summed E-state index contributed by atoms with van der Waals surface area (Å²) >= 11 is 0. The molecule has 0 saturated heterocycles. The molecule has 160 valence electrons. The highest BCUT2D eigenvalue weighted by Crippen LogP contribution is 2.31. The van der Waals surface area contributed by atoms with Crippen molar-refractivity contribution < 1.29 is 10.2 Å². The largest absolute Gasteiger partial charge is 0.393 e. The molecule has 0 spiro atoms. The van der Waals surface area contributed by atoms with Crippen molar-refractivity contribution in [3.05, 3.63) is 24.3 Å². The number of pyridine rings is 1. The van der Waals surface area contributed by atoms with E-state index in [9.17, 15) is 10.2 Å². The average Bonchev–Trinajstić information content (AvgIpc) is 3.29. The smallest absolute Gasteiger partial charge is 0.151 e. The van der Waals surface area contributed by atoms with Gasteiger partial charge in [-0.15, -0.1) is 0 Å². The fraction of sp³-hybridized carbons (Fsp3) is 0.524. The van der Waals surface area contributed by atoms with E-state index in [1.165, 1.54) is 0 Å². The Labute approximate surface area is 175 Å². The van der Waals surface area contributed by atoms with Crippen LogP contribution in [0.5, 0.6) is 0 Å². The Morgan fingerprint density at radius 2 is 2.03 bits per heavy atom. The minimum absolute atomic E-state index is 0.175. The van der Waals surface area contributed by atoms with Crippen LogP contribution in [-0.4, -0.2) is 52.7 Å². The molecule has 30 heavy (non-hydrogen) atoms. The monoisotopic (exact) mass is 411 g/mol. The Kier molecular flexibility index (Phi) is 5.33. The normalized spacial score (nSPS) is 19.5. The molecule has 9 heteroatoms. The minimum Gasteiger partial charge on any atom is -0.393 e. The zero-order valence-corrected chi connectivity index (χ0v) is 17.6. The van der Waals surface area contributed by atoms with Crippen molar-refractivity contribution in [3.8, 4) is 11.1 Å². The van der Waals surface area contributed by atoms with E-state index in [1.807, 2.05) is 13.1 Å². The lowest BCUT2D eigenvalue weighted by atomic mass is 10.1. The number of nitrogen functional groups attached to an aromatic ring is 1. The second-order valence-electron chi connectivity index (χ2n) is 8.67. The van der Waals surface area contributed by atoms with Gasteiger partial charge in [-0.3, -0.25) is 4.68 Å². The molecule has 0 unspecified atom stereocenters. The summed E-state index contributed by atoms with van der Waals surface area (Å²) in [5.74, 6) is 1.06. The lowest BCUT2D eigenvalue weighted by Crippen LogP contribution is -2.26. The van der Waals surface area contributed by atoms with Crippen LogP contribution in [0, 0.1) is 0 Å². The number of anilines is 2. The lowest BCUT2D eigenvalue weighted by molar-refractivity contribution is 0.0577. The van der Waals surface area contributed by atoms with Gasteiger partial charge in [-0.1, -0.05) is 6.92 Å². The molecule has 1 fully saturated rings. The third-order valence-corrected chi connectivity index (χ3v) is 5.37. The Morgan fingerprint density at radius 3 is 2.70 bits per heavy atom. The minimum atomic E-state index is -0.872. The van der Waals surface area contributed by atoms with E-state index in [1.54, 1.807) is 30.9 Å². The van der Waals surface area contributed by atoms with Crippen LogP contribution in [0.4, 0.5) is 11.6 Å². The third kappa shape index (κ3) is 4.22.